The maximum Gasteiger partial charge on any atom is 0.101 e. The van der Waals surface area contributed by atoms with Crippen molar-refractivity contribution in [3.63, 3.8) is 0 Å². The summed E-state index contributed by atoms with van der Waals surface area (Å²) in [6.45, 7) is 5.73. The molecule has 0 atom stereocenters. The average molecular weight is 291 g/mol. The molecule has 0 aliphatic heterocycles. The highest BCUT2D eigenvalue weighted by atomic mass is 15.1. The first kappa shape index (κ1) is 15.7. The molecular formula is C19H21N3. The van der Waals surface area contributed by atoms with Gasteiger partial charge in [-0.2, -0.15) is 0 Å². The first-order valence-corrected chi connectivity index (χ1v) is 7.18. The van der Waals surface area contributed by atoms with Crippen LogP contribution in [0.4, 0.5) is 11.4 Å². The van der Waals surface area contributed by atoms with Crippen molar-refractivity contribution in [3.8, 4) is 0 Å². The second-order valence-corrected chi connectivity index (χ2v) is 5.20. The maximum absolute atomic E-state index is 4.52. The minimum Gasteiger partial charge on any atom is -0.366 e. The summed E-state index contributed by atoms with van der Waals surface area (Å²) in [5, 5.41) is 0. The van der Waals surface area contributed by atoms with E-state index in [2.05, 4.69) is 16.6 Å². The minimum atomic E-state index is 0.911. The van der Waals surface area contributed by atoms with Crippen molar-refractivity contribution < 1.29 is 0 Å². The van der Waals surface area contributed by atoms with E-state index in [1.165, 1.54) is 0 Å². The smallest absolute Gasteiger partial charge is 0.101 e. The summed E-state index contributed by atoms with van der Waals surface area (Å²) in [5.74, 6) is 0.971. The zero-order valence-corrected chi connectivity index (χ0v) is 13.3. The molecule has 0 heterocycles. The summed E-state index contributed by atoms with van der Waals surface area (Å²) in [7, 11) is 3.96. The van der Waals surface area contributed by atoms with Gasteiger partial charge in [0.05, 0.1) is 11.4 Å². The fourth-order valence-electron chi connectivity index (χ4n) is 1.77. The number of hydrogen-bond acceptors (Lipinski definition) is 2. The second kappa shape index (κ2) is 7.36. The molecule has 2 rings (SSSR count). The van der Waals surface area contributed by atoms with Crippen LogP contribution in [-0.2, 0) is 0 Å². The van der Waals surface area contributed by atoms with Crippen molar-refractivity contribution in [3.05, 3.63) is 66.2 Å². The van der Waals surface area contributed by atoms with E-state index in [0.29, 0.717) is 0 Å². The number of benzene rings is 2. The number of aliphatic imine (C=N–C) groups is 2. The summed E-state index contributed by atoms with van der Waals surface area (Å²) in [5.41, 5.74) is 4.02. The Labute approximate surface area is 132 Å². The van der Waals surface area contributed by atoms with Crippen LogP contribution in [-0.4, -0.2) is 31.0 Å². The van der Waals surface area contributed by atoms with Crippen LogP contribution in [0.5, 0.6) is 0 Å². The molecule has 0 aliphatic rings. The largest absolute Gasteiger partial charge is 0.366 e. The van der Waals surface area contributed by atoms with Crippen molar-refractivity contribution in [1.29, 1.82) is 0 Å². The molecule has 22 heavy (non-hydrogen) atoms. The van der Waals surface area contributed by atoms with Crippen LogP contribution in [0.1, 0.15) is 18.1 Å². The third-order valence-corrected chi connectivity index (χ3v) is 3.32. The topological polar surface area (TPSA) is 28.0 Å². The van der Waals surface area contributed by atoms with E-state index < -0.39 is 0 Å². The Bertz CT molecular complexity index is 678. The molecule has 0 aromatic heterocycles. The lowest BCUT2D eigenvalue weighted by Crippen LogP contribution is -2.17. The third-order valence-electron chi connectivity index (χ3n) is 3.32. The highest BCUT2D eigenvalue weighted by molar-refractivity contribution is 5.83. The molecule has 0 bridgehead atoms. The molecule has 0 unspecified atom stereocenters. The highest BCUT2D eigenvalue weighted by Crippen LogP contribution is 2.19. The van der Waals surface area contributed by atoms with Crippen LogP contribution in [0.3, 0.4) is 0 Å². The van der Waals surface area contributed by atoms with E-state index in [-0.39, 0.29) is 0 Å². The number of rotatable bonds is 4. The summed E-state index contributed by atoms with van der Waals surface area (Å²) in [6, 6.07) is 16.0. The predicted octanol–water partition coefficient (Wildman–Crippen LogP) is 4.69. The van der Waals surface area contributed by atoms with Gasteiger partial charge in [-0.05, 0) is 42.3 Å². The van der Waals surface area contributed by atoms with Gasteiger partial charge in [-0.25, -0.2) is 4.99 Å². The molecule has 0 amide bonds. The highest BCUT2D eigenvalue weighted by Gasteiger charge is 1.95. The Kier molecular flexibility index (Phi) is 5.26. The monoisotopic (exact) mass is 291 g/mol. The van der Waals surface area contributed by atoms with Crippen LogP contribution in [0.2, 0.25) is 0 Å². The van der Waals surface area contributed by atoms with Crippen LogP contribution in [0.25, 0.3) is 6.08 Å². The van der Waals surface area contributed by atoms with Crippen LogP contribution >= 0.6 is 0 Å². The Balaban J connectivity index is 2.08. The summed E-state index contributed by atoms with van der Waals surface area (Å²) in [6.07, 6.45) is 3.69. The maximum atomic E-state index is 4.52. The quantitative estimate of drug-likeness (QED) is 0.593. The lowest BCUT2D eigenvalue weighted by atomic mass is 10.1. The molecule has 112 valence electrons. The molecule has 0 aliphatic carbocycles. The SMILES string of the molecule is C=Cc1ccc(/C=N/c2ccc(/N=C(/C)N(C)C)cc2)cc1. The van der Waals surface area contributed by atoms with Gasteiger partial charge in [-0.1, -0.05) is 36.9 Å². The van der Waals surface area contributed by atoms with Gasteiger partial charge >= 0.3 is 0 Å². The molecule has 0 saturated carbocycles. The van der Waals surface area contributed by atoms with Crippen LogP contribution < -0.4 is 0 Å². The van der Waals surface area contributed by atoms with E-state index >= 15 is 0 Å². The number of amidine groups is 1. The van der Waals surface area contributed by atoms with E-state index in [1.54, 1.807) is 0 Å². The van der Waals surface area contributed by atoms with Gasteiger partial charge in [-0.3, -0.25) is 4.99 Å². The third kappa shape index (κ3) is 4.42. The molecule has 3 nitrogen and oxygen atoms in total. The number of nitrogens with zero attached hydrogens (tertiary/aromatic N) is 3. The summed E-state index contributed by atoms with van der Waals surface area (Å²) < 4.78 is 0. The van der Waals surface area contributed by atoms with Crippen molar-refractivity contribution in [2.75, 3.05) is 14.1 Å². The van der Waals surface area contributed by atoms with Crippen molar-refractivity contribution in [2.45, 2.75) is 6.92 Å². The zero-order valence-electron chi connectivity index (χ0n) is 13.3. The molecular weight excluding hydrogens is 270 g/mol. The van der Waals surface area contributed by atoms with E-state index in [9.17, 15) is 0 Å². The molecule has 0 spiro atoms. The Morgan fingerprint density at radius 3 is 2.00 bits per heavy atom. The van der Waals surface area contributed by atoms with Crippen LogP contribution in [0, 0.1) is 0 Å². The van der Waals surface area contributed by atoms with Crippen molar-refractivity contribution in [2.24, 2.45) is 9.98 Å². The van der Waals surface area contributed by atoms with E-state index in [4.69, 9.17) is 0 Å². The van der Waals surface area contributed by atoms with Gasteiger partial charge in [0.25, 0.3) is 0 Å². The van der Waals surface area contributed by atoms with Gasteiger partial charge in [0.1, 0.15) is 5.84 Å². The summed E-state index contributed by atoms with van der Waals surface area (Å²) in [4.78, 5) is 11.0. The molecule has 3 heteroatoms. The molecule has 2 aromatic carbocycles. The summed E-state index contributed by atoms with van der Waals surface area (Å²) >= 11 is 0. The van der Waals surface area contributed by atoms with E-state index in [1.807, 2.05) is 86.7 Å². The van der Waals surface area contributed by atoms with E-state index in [0.717, 1.165) is 28.3 Å². The minimum absolute atomic E-state index is 0.911. The number of hydrogen-bond donors (Lipinski definition) is 0. The lowest BCUT2D eigenvalue weighted by Gasteiger charge is -2.10. The standard InChI is InChI=1S/C19H21N3/c1-5-16-6-8-17(9-7-16)14-20-18-10-12-19(13-11-18)21-15(2)22(3)4/h5-14H,1H2,2-4H3/b20-14+,21-15-. The average Bonchev–Trinajstić information content (AvgIpc) is 2.54. The predicted molar refractivity (Wildman–Crippen MR) is 96.7 cm³/mol. The van der Waals surface area contributed by atoms with Gasteiger partial charge in [0.2, 0.25) is 0 Å². The zero-order chi connectivity index (χ0) is 15.9. The van der Waals surface area contributed by atoms with Gasteiger partial charge in [-0.15, -0.1) is 0 Å². The molecule has 0 fully saturated rings. The van der Waals surface area contributed by atoms with Crippen molar-refractivity contribution >= 4 is 29.5 Å². The van der Waals surface area contributed by atoms with Gasteiger partial charge in [0, 0.05) is 20.3 Å². The fraction of sp³-hybridized carbons (Fsp3) is 0.158. The normalized spacial score (nSPS) is 11.7. The molecule has 0 N–H and O–H groups in total. The second-order valence-electron chi connectivity index (χ2n) is 5.20. The Morgan fingerprint density at radius 1 is 0.909 bits per heavy atom. The lowest BCUT2D eigenvalue weighted by molar-refractivity contribution is 0.619. The molecule has 0 saturated heterocycles. The molecule has 2 aromatic rings. The van der Waals surface area contributed by atoms with Gasteiger partial charge < -0.3 is 4.90 Å². The Hall–Kier alpha value is -2.68. The molecule has 0 radical (unpaired) electrons. The van der Waals surface area contributed by atoms with Crippen LogP contribution in [0.15, 0.2) is 65.1 Å². The van der Waals surface area contributed by atoms with Crippen molar-refractivity contribution in [1.82, 2.24) is 4.90 Å². The Morgan fingerprint density at radius 2 is 1.45 bits per heavy atom. The van der Waals surface area contributed by atoms with Gasteiger partial charge in [0.15, 0.2) is 0 Å². The first-order valence-electron chi connectivity index (χ1n) is 7.18. The fourth-order valence-corrected chi connectivity index (χ4v) is 1.77. The first-order chi connectivity index (χ1) is 10.6.